The van der Waals surface area contributed by atoms with Crippen molar-refractivity contribution in [2.24, 2.45) is 7.05 Å². The number of imidazole rings is 1. The predicted molar refractivity (Wildman–Crippen MR) is 89.7 cm³/mol. The smallest absolute Gasteiger partial charge is 0.281 e. The van der Waals surface area contributed by atoms with E-state index in [-0.39, 0.29) is 5.03 Å². The molecule has 11 heteroatoms. The van der Waals surface area contributed by atoms with E-state index in [1.165, 1.54) is 23.9 Å². The van der Waals surface area contributed by atoms with Gasteiger partial charge in [-0.25, -0.2) is 4.98 Å². The summed E-state index contributed by atoms with van der Waals surface area (Å²) in [5, 5.41) is 4.20. The van der Waals surface area contributed by atoms with Crippen molar-refractivity contribution in [1.82, 2.24) is 19.7 Å². The average Bonchev–Trinajstić information content (AvgIpc) is 3.25. The van der Waals surface area contributed by atoms with Crippen LogP contribution in [0.1, 0.15) is 16.3 Å². The van der Waals surface area contributed by atoms with Crippen LogP contribution >= 0.6 is 11.3 Å². The van der Waals surface area contributed by atoms with Crippen LogP contribution in [0.25, 0.3) is 11.5 Å². The molecule has 0 unspecified atom stereocenters. The Balaban J connectivity index is 1.80. The van der Waals surface area contributed by atoms with Crippen molar-refractivity contribution in [1.29, 1.82) is 0 Å². The number of sulfonamides is 1. The van der Waals surface area contributed by atoms with Gasteiger partial charge in [-0.1, -0.05) is 5.16 Å². The second-order valence-corrected chi connectivity index (χ2v) is 8.37. The first-order valence-corrected chi connectivity index (χ1v) is 9.78. The van der Waals surface area contributed by atoms with Gasteiger partial charge in [-0.15, -0.1) is 11.3 Å². The highest BCUT2D eigenvalue weighted by Gasteiger charge is 2.29. The Kier molecular flexibility index (Phi) is 3.85. The highest BCUT2D eigenvalue weighted by molar-refractivity contribution is 7.92. The molecular formula is C14H15N5O4S2. The Hall–Kier alpha value is -2.24. The van der Waals surface area contributed by atoms with E-state index in [1.807, 2.05) is 0 Å². The molecule has 9 nitrogen and oxygen atoms in total. The van der Waals surface area contributed by atoms with Crippen molar-refractivity contribution in [3.8, 4) is 11.5 Å². The number of hydrogen-bond acceptors (Lipinski definition) is 8. The number of hydrogen-bond donors (Lipinski definition) is 1. The van der Waals surface area contributed by atoms with Gasteiger partial charge in [0.1, 0.15) is 5.00 Å². The normalized spacial score (nSPS) is 14.5. The Morgan fingerprint density at radius 2 is 2.24 bits per heavy atom. The molecule has 25 heavy (non-hydrogen) atoms. The summed E-state index contributed by atoms with van der Waals surface area (Å²) in [6.45, 7) is 2.72. The quantitative estimate of drug-likeness (QED) is 0.732. The highest BCUT2D eigenvalue weighted by Crippen LogP contribution is 2.43. The standard InChI is InChI=1S/C14H15N5O4S2/c1-8-16-13(23-17-8)12-9-3-4-22-6-10(9)24-14(12)18-25(20,21)11-5-19(2)7-15-11/h5,7,18H,3-4,6H2,1-2H3. The number of nitrogens with one attached hydrogen (secondary N) is 1. The van der Waals surface area contributed by atoms with Crippen molar-refractivity contribution in [3.63, 3.8) is 0 Å². The minimum absolute atomic E-state index is 0.0507. The maximum atomic E-state index is 12.6. The van der Waals surface area contributed by atoms with Crippen LogP contribution < -0.4 is 4.72 Å². The molecule has 1 aliphatic rings. The van der Waals surface area contributed by atoms with Gasteiger partial charge in [0.15, 0.2) is 10.9 Å². The van der Waals surface area contributed by atoms with E-state index in [2.05, 4.69) is 19.8 Å². The molecule has 0 saturated heterocycles. The second kappa shape index (κ2) is 5.93. The Morgan fingerprint density at radius 1 is 1.40 bits per heavy atom. The molecule has 0 amide bonds. The Bertz CT molecular complexity index is 1030. The Labute approximate surface area is 147 Å². The lowest BCUT2D eigenvalue weighted by atomic mass is 10.1. The van der Waals surface area contributed by atoms with E-state index >= 15 is 0 Å². The molecule has 4 heterocycles. The van der Waals surface area contributed by atoms with Crippen molar-refractivity contribution < 1.29 is 17.7 Å². The van der Waals surface area contributed by atoms with Crippen LogP contribution in [-0.4, -0.2) is 34.7 Å². The molecule has 0 saturated carbocycles. The molecule has 4 rings (SSSR count). The number of thiophene rings is 1. The van der Waals surface area contributed by atoms with E-state index in [0.717, 1.165) is 10.4 Å². The topological polar surface area (TPSA) is 112 Å². The van der Waals surface area contributed by atoms with E-state index in [4.69, 9.17) is 9.26 Å². The van der Waals surface area contributed by atoms with Crippen LogP contribution in [0.2, 0.25) is 0 Å². The van der Waals surface area contributed by atoms with Crippen molar-refractivity contribution >= 4 is 26.4 Å². The zero-order valence-corrected chi connectivity index (χ0v) is 15.1. The third-order valence-electron chi connectivity index (χ3n) is 3.75. The molecule has 3 aromatic heterocycles. The molecule has 3 aromatic rings. The number of aryl methyl sites for hydroxylation is 2. The van der Waals surface area contributed by atoms with E-state index in [1.54, 1.807) is 18.5 Å². The largest absolute Gasteiger partial charge is 0.376 e. The molecule has 1 aliphatic heterocycles. The summed E-state index contributed by atoms with van der Waals surface area (Å²) in [4.78, 5) is 9.13. The number of aromatic nitrogens is 4. The summed E-state index contributed by atoms with van der Waals surface area (Å²) in [5.74, 6) is 0.788. The lowest BCUT2D eigenvalue weighted by Crippen LogP contribution is -2.13. The third-order valence-corrected chi connectivity index (χ3v) is 6.23. The lowest BCUT2D eigenvalue weighted by Gasteiger charge is -2.12. The minimum Gasteiger partial charge on any atom is -0.376 e. The molecular weight excluding hydrogens is 366 g/mol. The molecule has 0 aromatic carbocycles. The summed E-state index contributed by atoms with van der Waals surface area (Å²) in [6, 6.07) is 0. The SMILES string of the molecule is Cc1noc(-c2c(NS(=O)(=O)c3cn(C)cn3)sc3c2CCOC3)n1. The molecule has 0 spiro atoms. The van der Waals surface area contributed by atoms with Gasteiger partial charge in [-0.3, -0.25) is 4.72 Å². The van der Waals surface area contributed by atoms with E-state index in [0.29, 0.717) is 41.9 Å². The van der Waals surface area contributed by atoms with Crippen LogP contribution in [0.3, 0.4) is 0 Å². The molecule has 0 aliphatic carbocycles. The zero-order valence-electron chi connectivity index (χ0n) is 13.5. The summed E-state index contributed by atoms with van der Waals surface area (Å²) in [5.41, 5.74) is 1.61. The van der Waals surface area contributed by atoms with Gasteiger partial charge in [-0.2, -0.15) is 13.4 Å². The van der Waals surface area contributed by atoms with Gasteiger partial charge < -0.3 is 13.8 Å². The fourth-order valence-electron chi connectivity index (χ4n) is 2.63. The van der Waals surface area contributed by atoms with E-state index in [9.17, 15) is 8.42 Å². The summed E-state index contributed by atoms with van der Waals surface area (Å²) in [7, 11) is -2.11. The maximum absolute atomic E-state index is 12.6. The van der Waals surface area contributed by atoms with Crippen molar-refractivity contribution in [3.05, 3.63) is 28.8 Å². The zero-order chi connectivity index (χ0) is 17.6. The Morgan fingerprint density at radius 3 is 2.92 bits per heavy atom. The highest BCUT2D eigenvalue weighted by atomic mass is 32.2. The molecule has 132 valence electrons. The van der Waals surface area contributed by atoms with Crippen LogP contribution in [0, 0.1) is 6.92 Å². The van der Waals surface area contributed by atoms with Crippen LogP contribution in [0.4, 0.5) is 5.00 Å². The van der Waals surface area contributed by atoms with Crippen LogP contribution in [0.5, 0.6) is 0 Å². The van der Waals surface area contributed by atoms with Gasteiger partial charge in [0.05, 0.1) is 25.1 Å². The number of ether oxygens (including phenoxy) is 1. The average molecular weight is 381 g/mol. The van der Waals surface area contributed by atoms with Gasteiger partial charge in [-0.05, 0) is 18.9 Å². The number of fused-ring (bicyclic) bond motifs is 1. The number of anilines is 1. The lowest BCUT2D eigenvalue weighted by molar-refractivity contribution is 0.113. The molecule has 0 atom stereocenters. The summed E-state index contributed by atoms with van der Waals surface area (Å²) >= 11 is 1.32. The molecule has 0 fully saturated rings. The first-order chi connectivity index (χ1) is 11.9. The van der Waals surface area contributed by atoms with Crippen molar-refractivity contribution in [2.75, 3.05) is 11.3 Å². The van der Waals surface area contributed by atoms with Gasteiger partial charge >= 0.3 is 0 Å². The van der Waals surface area contributed by atoms with Gasteiger partial charge in [0.25, 0.3) is 15.9 Å². The molecule has 0 radical (unpaired) electrons. The fraction of sp³-hybridized carbons (Fsp3) is 0.357. The summed E-state index contributed by atoms with van der Waals surface area (Å²) in [6.07, 6.45) is 3.54. The minimum atomic E-state index is -3.82. The monoisotopic (exact) mass is 381 g/mol. The van der Waals surface area contributed by atoms with Gasteiger partial charge in [0.2, 0.25) is 0 Å². The maximum Gasteiger partial charge on any atom is 0.281 e. The van der Waals surface area contributed by atoms with Gasteiger partial charge in [0, 0.05) is 18.1 Å². The van der Waals surface area contributed by atoms with Crippen LogP contribution in [0.15, 0.2) is 22.1 Å². The molecule has 1 N–H and O–H groups in total. The first kappa shape index (κ1) is 16.2. The van der Waals surface area contributed by atoms with E-state index < -0.39 is 10.0 Å². The summed E-state index contributed by atoms with van der Waals surface area (Å²) < 4.78 is 40.2. The third kappa shape index (κ3) is 2.94. The first-order valence-electron chi connectivity index (χ1n) is 7.48. The fourth-order valence-corrected chi connectivity index (χ4v) is 5.10. The molecule has 0 bridgehead atoms. The van der Waals surface area contributed by atoms with Crippen LogP contribution in [-0.2, 0) is 34.8 Å². The number of nitrogens with zero attached hydrogens (tertiary/aromatic N) is 4. The second-order valence-electron chi connectivity index (χ2n) is 5.64. The van der Waals surface area contributed by atoms with Crippen molar-refractivity contribution in [2.45, 2.75) is 25.0 Å². The predicted octanol–water partition coefficient (Wildman–Crippen LogP) is 1.71. The number of rotatable bonds is 4.